The number of amides is 1. The predicted molar refractivity (Wildman–Crippen MR) is 50.8 cm³/mol. The Kier molecular flexibility index (Phi) is 3.61. The SMILES string of the molecule is COc1ccc(C(=O)NCC(=O)O)cn1. The molecule has 0 saturated carbocycles. The molecule has 1 aromatic rings. The fraction of sp³-hybridized carbons (Fsp3) is 0.222. The number of carboxylic acid groups (broad SMARTS) is 1. The smallest absolute Gasteiger partial charge is 0.322 e. The number of pyridine rings is 1. The van der Waals surface area contributed by atoms with Crippen LogP contribution >= 0.6 is 0 Å². The average molecular weight is 210 g/mol. The quantitative estimate of drug-likeness (QED) is 0.724. The molecule has 80 valence electrons. The van der Waals surface area contributed by atoms with Crippen molar-refractivity contribution in [1.82, 2.24) is 10.3 Å². The van der Waals surface area contributed by atoms with Crippen LogP contribution in [0.1, 0.15) is 10.4 Å². The van der Waals surface area contributed by atoms with Gasteiger partial charge in [0.25, 0.3) is 5.91 Å². The summed E-state index contributed by atoms with van der Waals surface area (Å²) in [6.45, 7) is -0.412. The second-order valence-corrected chi connectivity index (χ2v) is 2.67. The number of rotatable bonds is 4. The number of hydrogen-bond acceptors (Lipinski definition) is 4. The molecule has 6 nitrogen and oxygen atoms in total. The van der Waals surface area contributed by atoms with Gasteiger partial charge >= 0.3 is 5.97 Å². The lowest BCUT2D eigenvalue weighted by Gasteiger charge is -2.02. The first kappa shape index (κ1) is 11.0. The van der Waals surface area contributed by atoms with Gasteiger partial charge in [-0.25, -0.2) is 4.98 Å². The van der Waals surface area contributed by atoms with Gasteiger partial charge in [-0.15, -0.1) is 0 Å². The first-order chi connectivity index (χ1) is 7.13. The Morgan fingerprint density at radius 2 is 2.27 bits per heavy atom. The number of aliphatic carboxylic acids is 1. The van der Waals surface area contributed by atoms with E-state index >= 15 is 0 Å². The third kappa shape index (κ3) is 3.26. The number of nitrogens with zero attached hydrogens (tertiary/aromatic N) is 1. The minimum Gasteiger partial charge on any atom is -0.481 e. The van der Waals surface area contributed by atoms with Crippen LogP contribution in [0, 0.1) is 0 Å². The Balaban J connectivity index is 2.62. The molecular weight excluding hydrogens is 200 g/mol. The Morgan fingerprint density at radius 1 is 1.53 bits per heavy atom. The van der Waals surface area contributed by atoms with Gasteiger partial charge in [0.1, 0.15) is 6.54 Å². The third-order valence-corrected chi connectivity index (χ3v) is 1.61. The maximum Gasteiger partial charge on any atom is 0.322 e. The molecule has 15 heavy (non-hydrogen) atoms. The number of hydrogen-bond donors (Lipinski definition) is 2. The lowest BCUT2D eigenvalue weighted by atomic mass is 10.2. The van der Waals surface area contributed by atoms with Crippen LogP contribution in [0.4, 0.5) is 0 Å². The summed E-state index contributed by atoms with van der Waals surface area (Å²) in [6, 6.07) is 3.03. The fourth-order valence-corrected chi connectivity index (χ4v) is 0.893. The highest BCUT2D eigenvalue weighted by Gasteiger charge is 2.07. The van der Waals surface area contributed by atoms with E-state index in [0.717, 1.165) is 0 Å². The van der Waals surface area contributed by atoms with Gasteiger partial charge in [-0.1, -0.05) is 0 Å². The van der Waals surface area contributed by atoms with Gasteiger partial charge in [-0.3, -0.25) is 9.59 Å². The van der Waals surface area contributed by atoms with Gasteiger partial charge in [0.2, 0.25) is 5.88 Å². The van der Waals surface area contributed by atoms with Crippen LogP contribution in [0.2, 0.25) is 0 Å². The zero-order valence-corrected chi connectivity index (χ0v) is 8.06. The molecule has 1 heterocycles. The molecule has 0 aliphatic carbocycles. The topological polar surface area (TPSA) is 88.5 Å². The van der Waals surface area contributed by atoms with Gasteiger partial charge in [-0.2, -0.15) is 0 Å². The number of carboxylic acids is 1. The molecule has 0 aromatic carbocycles. The Hall–Kier alpha value is -2.11. The van der Waals surface area contributed by atoms with Crippen LogP contribution in [-0.4, -0.2) is 35.6 Å². The number of nitrogens with one attached hydrogen (secondary N) is 1. The summed E-state index contributed by atoms with van der Waals surface area (Å²) in [5.41, 5.74) is 0.289. The first-order valence-electron chi connectivity index (χ1n) is 4.13. The maximum atomic E-state index is 11.3. The van der Waals surface area contributed by atoms with Crippen molar-refractivity contribution in [3.8, 4) is 5.88 Å². The number of carbonyl (C=O) groups excluding carboxylic acids is 1. The van der Waals surface area contributed by atoms with E-state index in [9.17, 15) is 9.59 Å². The molecular formula is C9H10N2O4. The van der Waals surface area contributed by atoms with Gasteiger partial charge < -0.3 is 15.2 Å². The summed E-state index contributed by atoms with van der Waals surface area (Å²) in [5.74, 6) is -1.18. The Bertz CT molecular complexity index is 361. The summed E-state index contributed by atoms with van der Waals surface area (Å²) in [4.78, 5) is 25.3. The van der Waals surface area contributed by atoms with Gasteiger partial charge in [0.05, 0.1) is 12.7 Å². The summed E-state index contributed by atoms with van der Waals surface area (Å²) in [5, 5.41) is 10.6. The molecule has 2 N–H and O–H groups in total. The van der Waals surface area contributed by atoms with Gasteiger partial charge in [0, 0.05) is 12.3 Å². The van der Waals surface area contributed by atoms with Crippen LogP contribution in [0.5, 0.6) is 5.88 Å². The number of aromatic nitrogens is 1. The van der Waals surface area contributed by atoms with Crippen molar-refractivity contribution in [2.24, 2.45) is 0 Å². The number of ether oxygens (including phenoxy) is 1. The molecule has 0 saturated heterocycles. The van der Waals surface area contributed by atoms with Crippen molar-refractivity contribution in [2.75, 3.05) is 13.7 Å². The van der Waals surface area contributed by atoms with Crippen molar-refractivity contribution in [2.45, 2.75) is 0 Å². The molecule has 0 unspecified atom stereocenters. The monoisotopic (exact) mass is 210 g/mol. The minimum absolute atomic E-state index is 0.289. The molecule has 0 atom stereocenters. The van der Waals surface area contributed by atoms with E-state index in [1.54, 1.807) is 0 Å². The molecule has 0 radical (unpaired) electrons. The van der Waals surface area contributed by atoms with Crippen LogP contribution in [0.15, 0.2) is 18.3 Å². The molecule has 0 fully saturated rings. The largest absolute Gasteiger partial charge is 0.481 e. The second kappa shape index (κ2) is 4.94. The molecule has 1 rings (SSSR count). The normalized spacial score (nSPS) is 9.40. The summed E-state index contributed by atoms with van der Waals surface area (Å²) in [7, 11) is 1.46. The summed E-state index contributed by atoms with van der Waals surface area (Å²) >= 11 is 0. The minimum atomic E-state index is -1.09. The summed E-state index contributed by atoms with van der Waals surface area (Å²) in [6.07, 6.45) is 1.32. The lowest BCUT2D eigenvalue weighted by molar-refractivity contribution is -0.135. The molecule has 0 spiro atoms. The standard InChI is InChI=1S/C9H10N2O4/c1-15-7-3-2-6(4-10-7)9(14)11-5-8(12)13/h2-4H,5H2,1H3,(H,11,14)(H,12,13). The van der Waals surface area contributed by atoms with Crippen molar-refractivity contribution in [3.63, 3.8) is 0 Å². The number of methoxy groups -OCH3 is 1. The van der Waals surface area contributed by atoms with Crippen LogP contribution in [-0.2, 0) is 4.79 Å². The predicted octanol–water partition coefficient (Wildman–Crippen LogP) is -0.0954. The fourth-order valence-electron chi connectivity index (χ4n) is 0.893. The maximum absolute atomic E-state index is 11.3. The molecule has 6 heteroatoms. The zero-order chi connectivity index (χ0) is 11.3. The molecule has 0 aliphatic heterocycles. The van der Waals surface area contributed by atoms with Gasteiger partial charge in [0.15, 0.2) is 0 Å². The second-order valence-electron chi connectivity index (χ2n) is 2.67. The van der Waals surface area contributed by atoms with Crippen molar-refractivity contribution in [3.05, 3.63) is 23.9 Å². The Morgan fingerprint density at radius 3 is 2.73 bits per heavy atom. The number of carbonyl (C=O) groups is 2. The highest BCUT2D eigenvalue weighted by molar-refractivity contribution is 5.95. The van der Waals surface area contributed by atoms with E-state index in [0.29, 0.717) is 5.88 Å². The molecule has 0 aliphatic rings. The molecule has 1 amide bonds. The lowest BCUT2D eigenvalue weighted by Crippen LogP contribution is -2.29. The average Bonchev–Trinajstić information content (AvgIpc) is 2.26. The van der Waals surface area contributed by atoms with E-state index in [4.69, 9.17) is 9.84 Å². The van der Waals surface area contributed by atoms with E-state index < -0.39 is 18.4 Å². The zero-order valence-electron chi connectivity index (χ0n) is 8.06. The van der Waals surface area contributed by atoms with Crippen molar-refractivity contribution < 1.29 is 19.4 Å². The van der Waals surface area contributed by atoms with E-state index in [1.165, 1.54) is 25.4 Å². The van der Waals surface area contributed by atoms with Crippen LogP contribution < -0.4 is 10.1 Å². The van der Waals surface area contributed by atoms with Crippen LogP contribution in [0.3, 0.4) is 0 Å². The summed E-state index contributed by atoms with van der Waals surface area (Å²) < 4.78 is 4.81. The van der Waals surface area contributed by atoms with Crippen molar-refractivity contribution >= 4 is 11.9 Å². The third-order valence-electron chi connectivity index (χ3n) is 1.61. The van der Waals surface area contributed by atoms with Crippen molar-refractivity contribution in [1.29, 1.82) is 0 Å². The first-order valence-corrected chi connectivity index (χ1v) is 4.13. The van der Waals surface area contributed by atoms with E-state index in [-0.39, 0.29) is 5.56 Å². The Labute approximate surface area is 85.9 Å². The highest BCUT2D eigenvalue weighted by Crippen LogP contribution is 2.06. The molecule has 1 aromatic heterocycles. The van der Waals surface area contributed by atoms with E-state index in [1.807, 2.05) is 0 Å². The highest BCUT2D eigenvalue weighted by atomic mass is 16.5. The van der Waals surface area contributed by atoms with E-state index in [2.05, 4.69) is 10.3 Å². The van der Waals surface area contributed by atoms with Crippen LogP contribution in [0.25, 0.3) is 0 Å². The molecule has 0 bridgehead atoms. The van der Waals surface area contributed by atoms with Gasteiger partial charge in [-0.05, 0) is 6.07 Å².